The maximum Gasteiger partial charge on any atom is 0.252 e. The average Bonchev–Trinajstić information content (AvgIpc) is 3.10. The second-order valence-electron chi connectivity index (χ2n) is 4.13. The van der Waals surface area contributed by atoms with Gasteiger partial charge in [-0.05, 0) is 53.5 Å². The summed E-state index contributed by atoms with van der Waals surface area (Å²) in [6.45, 7) is 0.528. The van der Waals surface area contributed by atoms with E-state index in [0.29, 0.717) is 12.5 Å². The fourth-order valence-electron chi connectivity index (χ4n) is 1.76. The third-order valence-corrected chi connectivity index (χ3v) is 3.82. The maximum atomic E-state index is 12.0. The Hall–Kier alpha value is -0.620. The van der Waals surface area contributed by atoms with E-state index in [-0.39, 0.29) is 11.9 Å². The first-order valence-corrected chi connectivity index (χ1v) is 6.55. The molecule has 2 rings (SSSR count). The summed E-state index contributed by atoms with van der Waals surface area (Å²) in [4.78, 5) is 12.0. The Labute approximate surface area is 109 Å². The molecule has 1 fully saturated rings. The summed E-state index contributed by atoms with van der Waals surface area (Å²) in [5.41, 5.74) is 6.40. The van der Waals surface area contributed by atoms with Gasteiger partial charge >= 0.3 is 0 Å². The smallest absolute Gasteiger partial charge is 0.252 e. The Morgan fingerprint density at radius 2 is 2.19 bits per heavy atom. The first-order chi connectivity index (χ1) is 7.72. The number of halogens is 1. The molecule has 0 saturated heterocycles. The van der Waals surface area contributed by atoms with Crippen LogP contribution < -0.4 is 11.1 Å². The number of hydrogen-bond donors (Lipinski definition) is 2. The largest absolute Gasteiger partial charge is 0.348 e. The van der Waals surface area contributed by atoms with Crippen LogP contribution in [0.1, 0.15) is 23.2 Å². The molecule has 1 aliphatic rings. The van der Waals surface area contributed by atoms with Gasteiger partial charge in [0.1, 0.15) is 0 Å². The zero-order valence-electron chi connectivity index (χ0n) is 8.95. The van der Waals surface area contributed by atoms with Crippen molar-refractivity contribution in [2.24, 2.45) is 11.7 Å². The van der Waals surface area contributed by atoms with Crippen molar-refractivity contribution in [3.05, 3.63) is 33.4 Å². The number of rotatable bonds is 4. The van der Waals surface area contributed by atoms with E-state index in [1.807, 2.05) is 24.3 Å². The minimum Gasteiger partial charge on any atom is -0.348 e. The van der Waals surface area contributed by atoms with Crippen LogP contribution in [0.4, 0.5) is 0 Å². The van der Waals surface area contributed by atoms with E-state index >= 15 is 0 Å². The van der Waals surface area contributed by atoms with Crippen LogP contribution in [0.3, 0.4) is 0 Å². The molecule has 3 N–H and O–H groups in total. The SMILES string of the molecule is NCC(NC(=O)c1ccccc1I)C1CC1. The second-order valence-corrected chi connectivity index (χ2v) is 5.30. The molecule has 0 heterocycles. The van der Waals surface area contributed by atoms with E-state index in [2.05, 4.69) is 27.9 Å². The van der Waals surface area contributed by atoms with Crippen LogP contribution in [0, 0.1) is 9.49 Å². The highest BCUT2D eigenvalue weighted by Gasteiger charge is 2.31. The highest BCUT2D eigenvalue weighted by atomic mass is 127. The van der Waals surface area contributed by atoms with Gasteiger partial charge in [0.2, 0.25) is 0 Å². The number of carbonyl (C=O) groups excluding carboxylic acids is 1. The first kappa shape index (κ1) is 11.9. The molecule has 3 nitrogen and oxygen atoms in total. The van der Waals surface area contributed by atoms with E-state index in [1.54, 1.807) is 0 Å². The molecule has 0 bridgehead atoms. The van der Waals surface area contributed by atoms with Gasteiger partial charge in [-0.25, -0.2) is 0 Å². The summed E-state index contributed by atoms with van der Waals surface area (Å²) in [7, 11) is 0. The molecule has 0 aliphatic heterocycles. The lowest BCUT2D eigenvalue weighted by molar-refractivity contribution is 0.0932. The molecule has 86 valence electrons. The lowest BCUT2D eigenvalue weighted by Crippen LogP contribution is -2.41. The molecule has 1 aromatic rings. The lowest BCUT2D eigenvalue weighted by Gasteiger charge is -2.16. The van der Waals surface area contributed by atoms with Crippen molar-refractivity contribution in [3.8, 4) is 0 Å². The molecule has 1 unspecified atom stereocenters. The molecule has 0 spiro atoms. The van der Waals surface area contributed by atoms with Gasteiger partial charge < -0.3 is 11.1 Å². The second kappa shape index (κ2) is 5.14. The van der Waals surface area contributed by atoms with Crippen LogP contribution in [0.2, 0.25) is 0 Å². The maximum absolute atomic E-state index is 12.0. The Bertz CT molecular complexity index is 390. The topological polar surface area (TPSA) is 55.1 Å². The monoisotopic (exact) mass is 330 g/mol. The van der Waals surface area contributed by atoms with Crippen molar-refractivity contribution in [1.82, 2.24) is 5.32 Å². The zero-order chi connectivity index (χ0) is 11.5. The van der Waals surface area contributed by atoms with Crippen molar-refractivity contribution in [3.63, 3.8) is 0 Å². The minimum absolute atomic E-state index is 0.00708. The molecule has 1 saturated carbocycles. The standard InChI is InChI=1S/C12H15IN2O/c13-10-4-2-1-3-9(10)12(16)15-11(7-14)8-5-6-8/h1-4,8,11H,5-7,14H2,(H,15,16). The third-order valence-electron chi connectivity index (χ3n) is 2.88. The third kappa shape index (κ3) is 2.74. The highest BCUT2D eigenvalue weighted by Crippen LogP contribution is 2.32. The fraction of sp³-hybridized carbons (Fsp3) is 0.417. The molecule has 1 aromatic carbocycles. The molecular weight excluding hydrogens is 315 g/mol. The van der Waals surface area contributed by atoms with Crippen molar-refractivity contribution in [1.29, 1.82) is 0 Å². The molecule has 16 heavy (non-hydrogen) atoms. The summed E-state index contributed by atoms with van der Waals surface area (Å²) in [6, 6.07) is 7.73. The number of benzene rings is 1. The molecule has 1 atom stereocenters. The Kier molecular flexibility index (Phi) is 3.81. The fourth-order valence-corrected chi connectivity index (χ4v) is 2.39. The molecule has 0 aromatic heterocycles. The van der Waals surface area contributed by atoms with Crippen LogP contribution in [0.15, 0.2) is 24.3 Å². The summed E-state index contributed by atoms with van der Waals surface area (Å²) in [5.74, 6) is 0.586. The summed E-state index contributed by atoms with van der Waals surface area (Å²) in [5, 5.41) is 3.02. The number of nitrogens with one attached hydrogen (secondary N) is 1. The van der Waals surface area contributed by atoms with Crippen molar-refractivity contribution < 1.29 is 4.79 Å². The van der Waals surface area contributed by atoms with Gasteiger partial charge in [0.05, 0.1) is 5.56 Å². The molecule has 1 aliphatic carbocycles. The summed E-state index contributed by atoms with van der Waals surface area (Å²) in [6.07, 6.45) is 2.38. The highest BCUT2D eigenvalue weighted by molar-refractivity contribution is 14.1. The quantitative estimate of drug-likeness (QED) is 0.827. The Balaban J connectivity index is 2.04. The average molecular weight is 330 g/mol. The number of hydrogen-bond acceptors (Lipinski definition) is 2. The van der Waals surface area contributed by atoms with E-state index in [1.165, 1.54) is 12.8 Å². The van der Waals surface area contributed by atoms with Gasteiger partial charge in [0, 0.05) is 16.2 Å². The van der Waals surface area contributed by atoms with Crippen molar-refractivity contribution >= 4 is 28.5 Å². The molecular formula is C12H15IN2O. The normalized spacial score (nSPS) is 16.9. The van der Waals surface area contributed by atoms with Crippen LogP contribution in [-0.2, 0) is 0 Å². The van der Waals surface area contributed by atoms with Crippen molar-refractivity contribution in [2.75, 3.05) is 6.54 Å². The molecule has 0 radical (unpaired) electrons. The predicted molar refractivity (Wildman–Crippen MR) is 72.2 cm³/mol. The van der Waals surface area contributed by atoms with Gasteiger partial charge in [-0.2, -0.15) is 0 Å². The van der Waals surface area contributed by atoms with Crippen LogP contribution in [0.5, 0.6) is 0 Å². The van der Waals surface area contributed by atoms with Crippen molar-refractivity contribution in [2.45, 2.75) is 18.9 Å². The summed E-state index contributed by atoms with van der Waals surface area (Å²) < 4.78 is 0.976. The van der Waals surface area contributed by atoms with Gasteiger partial charge in [-0.3, -0.25) is 4.79 Å². The van der Waals surface area contributed by atoms with Gasteiger partial charge in [0.15, 0.2) is 0 Å². The molecule has 4 heteroatoms. The summed E-state index contributed by atoms with van der Waals surface area (Å²) >= 11 is 2.18. The zero-order valence-corrected chi connectivity index (χ0v) is 11.1. The number of amides is 1. The van der Waals surface area contributed by atoms with E-state index in [4.69, 9.17) is 5.73 Å². The Morgan fingerprint density at radius 3 is 2.75 bits per heavy atom. The van der Waals surface area contributed by atoms with E-state index in [9.17, 15) is 4.79 Å². The Morgan fingerprint density at radius 1 is 1.50 bits per heavy atom. The molecule has 1 amide bonds. The van der Waals surface area contributed by atoms with Gasteiger partial charge in [-0.1, -0.05) is 12.1 Å². The van der Waals surface area contributed by atoms with Crippen LogP contribution >= 0.6 is 22.6 Å². The minimum atomic E-state index is -0.00708. The predicted octanol–water partition coefficient (Wildman–Crippen LogP) is 1.76. The van der Waals surface area contributed by atoms with Gasteiger partial charge in [0.25, 0.3) is 5.91 Å². The van der Waals surface area contributed by atoms with E-state index in [0.717, 1.165) is 9.13 Å². The number of carbonyl (C=O) groups is 1. The van der Waals surface area contributed by atoms with E-state index < -0.39 is 0 Å². The lowest BCUT2D eigenvalue weighted by atomic mass is 10.1. The first-order valence-electron chi connectivity index (χ1n) is 5.48. The van der Waals surface area contributed by atoms with Crippen LogP contribution in [0.25, 0.3) is 0 Å². The van der Waals surface area contributed by atoms with Crippen LogP contribution in [-0.4, -0.2) is 18.5 Å². The number of nitrogens with two attached hydrogens (primary N) is 1. The van der Waals surface area contributed by atoms with Gasteiger partial charge in [-0.15, -0.1) is 0 Å².